The molecule has 0 amide bonds. The van der Waals surface area contributed by atoms with Crippen LogP contribution in [0.15, 0.2) is 0 Å². The van der Waals surface area contributed by atoms with E-state index >= 15 is 0 Å². The van der Waals surface area contributed by atoms with Gasteiger partial charge in [0.2, 0.25) is 0 Å². The molecule has 0 aliphatic rings. The van der Waals surface area contributed by atoms with Gasteiger partial charge < -0.3 is 0 Å². The second-order valence-electron chi connectivity index (χ2n) is 5.28. The molecule has 0 aromatic carbocycles. The molecule has 17 heavy (non-hydrogen) atoms. The fourth-order valence-corrected chi connectivity index (χ4v) is 2.10. The van der Waals surface area contributed by atoms with Crippen LogP contribution in [0.25, 0.3) is 0 Å². The average Bonchev–Trinajstić information content (AvgIpc) is 2.33. The van der Waals surface area contributed by atoms with Crippen LogP contribution in [-0.2, 0) is 0 Å². The second kappa shape index (κ2) is 13.7. The molecular weight excluding hydrogens is 206 g/mol. The SMILES string of the molecule is CCCCC=[N+](C)CCCCCCCCCC. The minimum atomic E-state index is 1.25. The Morgan fingerprint density at radius 2 is 1.24 bits per heavy atom. The topological polar surface area (TPSA) is 3.01 Å². The molecule has 0 atom stereocenters. The van der Waals surface area contributed by atoms with E-state index in [1.807, 2.05) is 0 Å². The molecule has 0 fully saturated rings. The lowest BCUT2D eigenvalue weighted by molar-refractivity contribution is -0.494. The number of nitrogens with zero attached hydrogens (tertiary/aromatic N) is 1. The highest BCUT2D eigenvalue weighted by molar-refractivity contribution is 5.50. The molecule has 0 saturated carbocycles. The molecule has 0 aliphatic heterocycles. The maximum atomic E-state index is 2.38. The lowest BCUT2D eigenvalue weighted by Crippen LogP contribution is -2.08. The van der Waals surface area contributed by atoms with E-state index in [4.69, 9.17) is 0 Å². The van der Waals surface area contributed by atoms with Crippen molar-refractivity contribution < 1.29 is 4.58 Å². The Hall–Kier alpha value is -0.330. The molecule has 0 aromatic heterocycles. The Labute approximate surface area is 109 Å². The number of unbranched alkanes of at least 4 members (excludes halogenated alkanes) is 9. The summed E-state index contributed by atoms with van der Waals surface area (Å²) in [5.74, 6) is 0. The third kappa shape index (κ3) is 13.6. The largest absolute Gasteiger partial charge is 0.242 e. The lowest BCUT2D eigenvalue weighted by Gasteiger charge is -2.00. The molecule has 0 aromatic rings. The van der Waals surface area contributed by atoms with Crippen LogP contribution in [0.1, 0.15) is 84.5 Å². The van der Waals surface area contributed by atoms with Crippen LogP contribution in [0.2, 0.25) is 0 Å². The minimum Gasteiger partial charge on any atom is -0.242 e. The summed E-state index contributed by atoms with van der Waals surface area (Å²) in [6, 6.07) is 0. The van der Waals surface area contributed by atoms with Crippen LogP contribution in [0.5, 0.6) is 0 Å². The first kappa shape index (κ1) is 16.7. The van der Waals surface area contributed by atoms with Crippen molar-refractivity contribution in [2.45, 2.75) is 84.5 Å². The molecule has 0 N–H and O–H groups in total. The van der Waals surface area contributed by atoms with E-state index in [9.17, 15) is 0 Å². The molecule has 0 rings (SSSR count). The van der Waals surface area contributed by atoms with Crippen molar-refractivity contribution in [2.24, 2.45) is 0 Å². The van der Waals surface area contributed by atoms with Crippen LogP contribution >= 0.6 is 0 Å². The molecule has 0 heterocycles. The van der Waals surface area contributed by atoms with Crippen molar-refractivity contribution >= 4 is 6.21 Å². The maximum absolute atomic E-state index is 2.38. The van der Waals surface area contributed by atoms with Crippen molar-refractivity contribution in [1.29, 1.82) is 0 Å². The van der Waals surface area contributed by atoms with Gasteiger partial charge in [0, 0.05) is 12.8 Å². The standard InChI is InChI=1S/C16H34N/c1-4-6-8-9-10-11-12-14-16-17(3)15-13-7-5-2/h15H,4-14,16H2,1-3H3/q+1. The van der Waals surface area contributed by atoms with Gasteiger partial charge in [0.25, 0.3) is 0 Å². The van der Waals surface area contributed by atoms with Gasteiger partial charge >= 0.3 is 0 Å². The van der Waals surface area contributed by atoms with Gasteiger partial charge in [-0.2, -0.15) is 0 Å². The summed E-state index contributed by atoms with van der Waals surface area (Å²) in [6.07, 6.45) is 17.6. The summed E-state index contributed by atoms with van der Waals surface area (Å²) in [5, 5.41) is 0. The predicted octanol–water partition coefficient (Wildman–Crippen LogP) is 5.03. The van der Waals surface area contributed by atoms with Gasteiger partial charge in [0.05, 0.1) is 0 Å². The van der Waals surface area contributed by atoms with E-state index < -0.39 is 0 Å². The first-order chi connectivity index (χ1) is 8.31. The molecule has 0 radical (unpaired) electrons. The predicted molar refractivity (Wildman–Crippen MR) is 79.3 cm³/mol. The van der Waals surface area contributed by atoms with Crippen molar-refractivity contribution in [3.8, 4) is 0 Å². The minimum absolute atomic E-state index is 1.25. The Bertz CT molecular complexity index is 172. The Morgan fingerprint density at radius 1 is 0.706 bits per heavy atom. The van der Waals surface area contributed by atoms with Crippen LogP contribution in [0.4, 0.5) is 0 Å². The van der Waals surface area contributed by atoms with E-state index in [-0.39, 0.29) is 0 Å². The van der Waals surface area contributed by atoms with E-state index in [1.54, 1.807) is 0 Å². The lowest BCUT2D eigenvalue weighted by atomic mass is 10.1. The molecule has 1 heteroatoms. The van der Waals surface area contributed by atoms with E-state index in [1.165, 1.54) is 77.2 Å². The first-order valence-electron chi connectivity index (χ1n) is 7.84. The quantitative estimate of drug-likeness (QED) is 0.256. The molecule has 102 valence electrons. The zero-order valence-corrected chi connectivity index (χ0v) is 12.5. The Balaban J connectivity index is 3.18. The van der Waals surface area contributed by atoms with Gasteiger partial charge in [-0.15, -0.1) is 0 Å². The van der Waals surface area contributed by atoms with Crippen LogP contribution in [0, 0.1) is 0 Å². The van der Waals surface area contributed by atoms with Gasteiger partial charge in [-0.05, 0) is 12.8 Å². The first-order valence-corrected chi connectivity index (χ1v) is 7.84. The highest BCUT2D eigenvalue weighted by atomic mass is 14.9. The van der Waals surface area contributed by atoms with Crippen molar-refractivity contribution in [2.75, 3.05) is 13.6 Å². The van der Waals surface area contributed by atoms with Crippen LogP contribution in [0.3, 0.4) is 0 Å². The molecule has 0 aliphatic carbocycles. The zero-order valence-electron chi connectivity index (χ0n) is 12.5. The molecular formula is C16H34N+. The Kier molecular flexibility index (Phi) is 13.5. The fourth-order valence-electron chi connectivity index (χ4n) is 2.10. The number of hydrogen-bond donors (Lipinski definition) is 0. The van der Waals surface area contributed by atoms with Crippen LogP contribution < -0.4 is 0 Å². The third-order valence-corrected chi connectivity index (χ3v) is 3.36. The van der Waals surface area contributed by atoms with Gasteiger partial charge in [0.1, 0.15) is 19.8 Å². The number of rotatable bonds is 12. The van der Waals surface area contributed by atoms with Gasteiger partial charge in [-0.1, -0.05) is 58.8 Å². The van der Waals surface area contributed by atoms with E-state index in [0.29, 0.717) is 0 Å². The van der Waals surface area contributed by atoms with Crippen molar-refractivity contribution in [3.05, 3.63) is 0 Å². The molecule has 0 saturated heterocycles. The van der Waals surface area contributed by atoms with Gasteiger partial charge in [-0.25, -0.2) is 4.58 Å². The zero-order chi connectivity index (χ0) is 12.8. The van der Waals surface area contributed by atoms with E-state index in [0.717, 1.165) is 0 Å². The highest BCUT2D eigenvalue weighted by Gasteiger charge is 1.97. The molecule has 0 spiro atoms. The molecule has 1 nitrogen and oxygen atoms in total. The smallest absolute Gasteiger partial charge is 0.142 e. The monoisotopic (exact) mass is 240 g/mol. The third-order valence-electron chi connectivity index (χ3n) is 3.36. The highest BCUT2D eigenvalue weighted by Crippen LogP contribution is 2.08. The van der Waals surface area contributed by atoms with E-state index in [2.05, 4.69) is 31.7 Å². The Morgan fingerprint density at radius 3 is 1.82 bits per heavy atom. The summed E-state index contributed by atoms with van der Waals surface area (Å²) in [4.78, 5) is 0. The van der Waals surface area contributed by atoms with Crippen molar-refractivity contribution in [3.63, 3.8) is 0 Å². The molecule has 0 bridgehead atoms. The maximum Gasteiger partial charge on any atom is 0.142 e. The van der Waals surface area contributed by atoms with Crippen molar-refractivity contribution in [1.82, 2.24) is 0 Å². The molecule has 0 unspecified atom stereocenters. The average molecular weight is 240 g/mol. The summed E-state index contributed by atoms with van der Waals surface area (Å²) in [7, 11) is 2.22. The number of hydrogen-bond acceptors (Lipinski definition) is 0. The summed E-state index contributed by atoms with van der Waals surface area (Å²) >= 11 is 0. The summed E-state index contributed by atoms with van der Waals surface area (Å²) < 4.78 is 2.38. The second-order valence-corrected chi connectivity index (χ2v) is 5.28. The summed E-state index contributed by atoms with van der Waals surface area (Å²) in [5.41, 5.74) is 0. The van der Waals surface area contributed by atoms with Crippen LogP contribution in [-0.4, -0.2) is 24.4 Å². The normalized spacial score (nSPS) is 12.1. The fraction of sp³-hybridized carbons (Fsp3) is 0.938. The van der Waals surface area contributed by atoms with Gasteiger partial charge in [0.15, 0.2) is 0 Å². The summed E-state index contributed by atoms with van der Waals surface area (Å²) in [6.45, 7) is 5.79. The van der Waals surface area contributed by atoms with Gasteiger partial charge in [-0.3, -0.25) is 0 Å².